The Bertz CT molecular complexity index is 556. The van der Waals surface area contributed by atoms with Gasteiger partial charge in [-0.2, -0.15) is 0 Å². The van der Waals surface area contributed by atoms with Gasteiger partial charge in [0.25, 0.3) is 0 Å². The highest BCUT2D eigenvalue weighted by atomic mass is 35.5. The molecule has 78 valence electrons. The van der Waals surface area contributed by atoms with Crippen molar-refractivity contribution >= 4 is 44.9 Å². The van der Waals surface area contributed by atoms with Gasteiger partial charge in [-0.3, -0.25) is 4.21 Å². The molecule has 1 heterocycles. The van der Waals surface area contributed by atoms with E-state index < -0.39 is 10.8 Å². The Morgan fingerprint density at radius 3 is 2.67 bits per heavy atom. The van der Waals surface area contributed by atoms with Gasteiger partial charge in [-0.25, -0.2) is 4.98 Å². The SMILES string of the molecule is CS(=O)c1cc(Cl)c2nc(Cl)ccc2c1. The molecule has 0 aliphatic heterocycles. The molecule has 0 aliphatic carbocycles. The quantitative estimate of drug-likeness (QED) is 0.736. The lowest BCUT2D eigenvalue weighted by Gasteiger charge is -2.03. The van der Waals surface area contributed by atoms with Crippen LogP contribution >= 0.6 is 23.2 Å². The Balaban J connectivity index is 2.78. The van der Waals surface area contributed by atoms with Gasteiger partial charge in [0.15, 0.2) is 0 Å². The largest absolute Gasteiger partial charge is 0.255 e. The van der Waals surface area contributed by atoms with E-state index >= 15 is 0 Å². The van der Waals surface area contributed by atoms with Gasteiger partial charge in [0.1, 0.15) is 5.15 Å². The van der Waals surface area contributed by atoms with Crippen molar-refractivity contribution in [3.8, 4) is 0 Å². The van der Waals surface area contributed by atoms with Crippen molar-refractivity contribution in [3.05, 3.63) is 34.4 Å². The fraction of sp³-hybridized carbons (Fsp3) is 0.100. The summed E-state index contributed by atoms with van der Waals surface area (Å²) >= 11 is 11.8. The first-order valence-corrected chi connectivity index (χ1v) is 6.48. The van der Waals surface area contributed by atoms with Crippen molar-refractivity contribution in [2.45, 2.75) is 4.90 Å². The van der Waals surface area contributed by atoms with Crippen LogP contribution in [0.15, 0.2) is 29.2 Å². The van der Waals surface area contributed by atoms with E-state index in [0.29, 0.717) is 20.6 Å². The van der Waals surface area contributed by atoms with Gasteiger partial charge in [-0.1, -0.05) is 23.2 Å². The first-order chi connectivity index (χ1) is 7.08. The molecule has 0 fully saturated rings. The molecule has 0 aliphatic rings. The highest BCUT2D eigenvalue weighted by molar-refractivity contribution is 7.84. The zero-order valence-electron chi connectivity index (χ0n) is 7.83. The molecule has 0 bridgehead atoms. The van der Waals surface area contributed by atoms with Gasteiger partial charge in [0.2, 0.25) is 0 Å². The van der Waals surface area contributed by atoms with Gasteiger partial charge >= 0.3 is 0 Å². The van der Waals surface area contributed by atoms with Crippen LogP contribution in [0.4, 0.5) is 0 Å². The predicted octanol–water partition coefficient (Wildman–Crippen LogP) is 3.28. The Hall–Kier alpha value is -0.640. The molecule has 15 heavy (non-hydrogen) atoms. The van der Waals surface area contributed by atoms with Crippen molar-refractivity contribution in [2.75, 3.05) is 6.26 Å². The number of halogens is 2. The normalized spacial score (nSPS) is 13.0. The minimum atomic E-state index is -1.05. The molecule has 1 aromatic heterocycles. The van der Waals surface area contributed by atoms with Crippen molar-refractivity contribution in [1.82, 2.24) is 4.98 Å². The highest BCUT2D eigenvalue weighted by Crippen LogP contribution is 2.26. The Morgan fingerprint density at radius 2 is 2.00 bits per heavy atom. The number of aromatic nitrogens is 1. The van der Waals surface area contributed by atoms with Crippen LogP contribution in [0.5, 0.6) is 0 Å². The fourth-order valence-electron chi connectivity index (χ4n) is 1.31. The highest BCUT2D eigenvalue weighted by Gasteiger charge is 2.06. The maximum Gasteiger partial charge on any atom is 0.129 e. The third-order valence-corrected chi connectivity index (χ3v) is 3.42. The van der Waals surface area contributed by atoms with Gasteiger partial charge in [0.05, 0.1) is 10.5 Å². The zero-order chi connectivity index (χ0) is 11.0. The summed E-state index contributed by atoms with van der Waals surface area (Å²) in [6, 6.07) is 6.96. The summed E-state index contributed by atoms with van der Waals surface area (Å²) in [5, 5.41) is 1.71. The first kappa shape index (κ1) is 10.9. The number of pyridine rings is 1. The van der Waals surface area contributed by atoms with Crippen LogP contribution in [0.1, 0.15) is 0 Å². The van der Waals surface area contributed by atoms with Crippen molar-refractivity contribution < 1.29 is 4.21 Å². The molecular weight excluding hydrogens is 253 g/mol. The van der Waals surface area contributed by atoms with E-state index in [9.17, 15) is 4.21 Å². The van der Waals surface area contributed by atoms with Crippen LogP contribution in [0.25, 0.3) is 10.9 Å². The van der Waals surface area contributed by atoms with Gasteiger partial charge in [-0.05, 0) is 24.3 Å². The Labute approximate surface area is 99.7 Å². The number of hydrogen-bond acceptors (Lipinski definition) is 2. The molecule has 2 aromatic rings. The number of benzene rings is 1. The fourth-order valence-corrected chi connectivity index (χ4v) is 2.37. The van der Waals surface area contributed by atoms with Gasteiger partial charge in [0, 0.05) is 27.3 Å². The molecule has 2 rings (SSSR count). The van der Waals surface area contributed by atoms with E-state index in [1.54, 1.807) is 24.5 Å². The van der Waals surface area contributed by atoms with Gasteiger partial charge < -0.3 is 0 Å². The molecule has 1 unspecified atom stereocenters. The summed E-state index contributed by atoms with van der Waals surface area (Å²) in [5.41, 5.74) is 0.637. The number of nitrogens with zero attached hydrogens (tertiary/aromatic N) is 1. The monoisotopic (exact) mass is 259 g/mol. The average Bonchev–Trinajstić information content (AvgIpc) is 2.18. The number of rotatable bonds is 1. The molecule has 0 N–H and O–H groups in total. The van der Waals surface area contributed by atoms with Crippen molar-refractivity contribution in [3.63, 3.8) is 0 Å². The summed E-state index contributed by atoms with van der Waals surface area (Å²) < 4.78 is 11.3. The van der Waals surface area contributed by atoms with E-state index in [-0.39, 0.29) is 0 Å². The molecule has 0 radical (unpaired) electrons. The van der Waals surface area contributed by atoms with Crippen LogP contribution in [0.3, 0.4) is 0 Å². The molecule has 1 atom stereocenters. The molecule has 0 saturated heterocycles. The summed E-state index contributed by atoms with van der Waals surface area (Å²) in [4.78, 5) is 4.80. The maximum absolute atomic E-state index is 11.3. The minimum absolute atomic E-state index is 0.398. The maximum atomic E-state index is 11.3. The first-order valence-electron chi connectivity index (χ1n) is 4.17. The molecule has 1 aromatic carbocycles. The second kappa shape index (κ2) is 4.08. The second-order valence-electron chi connectivity index (χ2n) is 3.06. The van der Waals surface area contributed by atoms with Crippen LogP contribution in [0.2, 0.25) is 10.2 Å². The van der Waals surface area contributed by atoms with Gasteiger partial charge in [-0.15, -0.1) is 0 Å². The van der Waals surface area contributed by atoms with Crippen molar-refractivity contribution in [2.24, 2.45) is 0 Å². The third kappa shape index (κ3) is 2.14. The topological polar surface area (TPSA) is 30.0 Å². The smallest absolute Gasteiger partial charge is 0.129 e. The van der Waals surface area contributed by atoms with E-state index in [1.807, 2.05) is 6.07 Å². The standard InChI is InChI=1S/C10H7Cl2NOS/c1-15(14)7-4-6-2-3-9(12)13-10(6)8(11)5-7/h2-5H,1H3. The average molecular weight is 260 g/mol. The number of fused-ring (bicyclic) bond motifs is 1. The number of hydrogen-bond donors (Lipinski definition) is 0. The van der Waals surface area contributed by atoms with E-state index in [4.69, 9.17) is 23.2 Å². The van der Waals surface area contributed by atoms with E-state index in [2.05, 4.69) is 4.98 Å². The molecule has 5 heteroatoms. The van der Waals surface area contributed by atoms with Crippen LogP contribution in [-0.4, -0.2) is 15.4 Å². The lowest BCUT2D eigenvalue weighted by atomic mass is 10.2. The molecule has 2 nitrogen and oxygen atoms in total. The van der Waals surface area contributed by atoms with Crippen LogP contribution < -0.4 is 0 Å². The Kier molecular flexibility index (Phi) is 2.96. The minimum Gasteiger partial charge on any atom is -0.255 e. The second-order valence-corrected chi connectivity index (χ2v) is 5.24. The van der Waals surface area contributed by atoms with E-state index in [0.717, 1.165) is 5.39 Å². The van der Waals surface area contributed by atoms with E-state index in [1.165, 1.54) is 0 Å². The molecule has 0 amide bonds. The van der Waals surface area contributed by atoms with Crippen LogP contribution in [-0.2, 0) is 10.8 Å². The lowest BCUT2D eigenvalue weighted by molar-refractivity contribution is 0.687. The van der Waals surface area contributed by atoms with Crippen molar-refractivity contribution in [1.29, 1.82) is 0 Å². The summed E-state index contributed by atoms with van der Waals surface area (Å²) in [6.45, 7) is 0. The summed E-state index contributed by atoms with van der Waals surface area (Å²) in [6.07, 6.45) is 1.61. The molecule has 0 saturated carbocycles. The molecular formula is C10H7Cl2NOS. The summed E-state index contributed by atoms with van der Waals surface area (Å²) in [7, 11) is -1.05. The zero-order valence-corrected chi connectivity index (χ0v) is 10.2. The summed E-state index contributed by atoms with van der Waals surface area (Å²) in [5.74, 6) is 0. The Morgan fingerprint density at radius 1 is 1.27 bits per heavy atom. The third-order valence-electron chi connectivity index (χ3n) is 2.02. The lowest BCUT2D eigenvalue weighted by Crippen LogP contribution is -1.89. The molecule has 0 spiro atoms. The predicted molar refractivity (Wildman–Crippen MR) is 64.1 cm³/mol. The van der Waals surface area contributed by atoms with Crippen LogP contribution in [0, 0.1) is 0 Å².